The topological polar surface area (TPSA) is 117 Å². The lowest BCUT2D eigenvalue weighted by Gasteiger charge is -2.08. The van der Waals surface area contributed by atoms with Gasteiger partial charge in [-0.3, -0.25) is 0 Å². The van der Waals surface area contributed by atoms with E-state index in [-0.39, 0.29) is 11.7 Å². The summed E-state index contributed by atoms with van der Waals surface area (Å²) < 4.78 is 5.07. The average molecular weight is 365 g/mol. The van der Waals surface area contributed by atoms with Crippen LogP contribution in [0.1, 0.15) is 5.56 Å². The van der Waals surface area contributed by atoms with Crippen molar-refractivity contribution in [1.29, 1.82) is 0 Å². The van der Waals surface area contributed by atoms with E-state index in [4.69, 9.17) is 4.74 Å². The number of phenols is 1. The maximum absolute atomic E-state index is 9.62. The van der Waals surface area contributed by atoms with E-state index in [9.17, 15) is 5.11 Å². The number of para-hydroxylation sites is 1. The van der Waals surface area contributed by atoms with Gasteiger partial charge in [0.05, 0.1) is 13.3 Å². The summed E-state index contributed by atoms with van der Waals surface area (Å²) in [6.07, 6.45) is 1.56. The molecule has 2 aromatic carbocycles. The number of hydrogen-bond acceptors (Lipinski definition) is 9. The number of aromatic hydroxyl groups is 1. The van der Waals surface area contributed by atoms with E-state index in [1.807, 2.05) is 30.3 Å². The molecule has 3 aromatic rings. The van der Waals surface area contributed by atoms with Crippen molar-refractivity contribution in [2.75, 3.05) is 30.2 Å². The molecule has 0 amide bonds. The van der Waals surface area contributed by atoms with Gasteiger partial charge >= 0.3 is 0 Å². The Hall–Kier alpha value is -3.88. The van der Waals surface area contributed by atoms with Crippen LogP contribution in [0.25, 0.3) is 0 Å². The third-order valence-electron chi connectivity index (χ3n) is 3.47. The Morgan fingerprint density at radius 2 is 1.74 bits per heavy atom. The van der Waals surface area contributed by atoms with Crippen molar-refractivity contribution in [3.05, 3.63) is 54.1 Å². The number of phenolic OH excluding ortho intramolecular Hbond substituents is 1. The lowest BCUT2D eigenvalue weighted by atomic mass is 10.2. The Morgan fingerprint density at radius 3 is 2.48 bits per heavy atom. The molecule has 0 unspecified atom stereocenters. The maximum atomic E-state index is 9.62. The fraction of sp³-hybridized carbons (Fsp3) is 0.111. The molecular weight excluding hydrogens is 346 g/mol. The molecule has 0 saturated heterocycles. The van der Waals surface area contributed by atoms with Gasteiger partial charge in [-0.1, -0.05) is 18.2 Å². The van der Waals surface area contributed by atoms with Gasteiger partial charge in [0.2, 0.25) is 17.8 Å². The van der Waals surface area contributed by atoms with Crippen molar-refractivity contribution < 1.29 is 9.84 Å². The second-order valence-corrected chi connectivity index (χ2v) is 5.35. The minimum Gasteiger partial charge on any atom is -0.504 e. The first-order valence-corrected chi connectivity index (χ1v) is 8.10. The zero-order valence-electron chi connectivity index (χ0n) is 14.8. The minimum atomic E-state index is 0.0652. The van der Waals surface area contributed by atoms with Crippen LogP contribution < -0.4 is 20.8 Å². The number of anilines is 4. The molecule has 0 radical (unpaired) electrons. The summed E-state index contributed by atoms with van der Waals surface area (Å²) in [5.41, 5.74) is 4.37. The number of hydrazone groups is 1. The first-order chi connectivity index (χ1) is 13.2. The monoisotopic (exact) mass is 365 g/mol. The smallest absolute Gasteiger partial charge is 0.250 e. The van der Waals surface area contributed by atoms with Gasteiger partial charge in [0.25, 0.3) is 0 Å². The summed E-state index contributed by atoms with van der Waals surface area (Å²) in [4.78, 5) is 12.8. The quantitative estimate of drug-likeness (QED) is 0.373. The van der Waals surface area contributed by atoms with Crippen LogP contribution in [-0.2, 0) is 0 Å². The normalized spacial score (nSPS) is 10.6. The Labute approximate surface area is 156 Å². The van der Waals surface area contributed by atoms with Crippen LogP contribution >= 0.6 is 0 Å². The largest absolute Gasteiger partial charge is 0.504 e. The van der Waals surface area contributed by atoms with E-state index in [2.05, 4.69) is 36.1 Å². The highest BCUT2D eigenvalue weighted by Gasteiger charge is 2.06. The first kappa shape index (κ1) is 17.9. The summed E-state index contributed by atoms with van der Waals surface area (Å²) >= 11 is 0. The Kier molecular flexibility index (Phi) is 5.63. The van der Waals surface area contributed by atoms with Crippen LogP contribution in [-0.4, -0.2) is 40.4 Å². The second kappa shape index (κ2) is 8.48. The molecule has 0 aliphatic carbocycles. The minimum absolute atomic E-state index is 0.0652. The molecule has 4 N–H and O–H groups in total. The van der Waals surface area contributed by atoms with Gasteiger partial charge in [-0.2, -0.15) is 20.1 Å². The highest BCUT2D eigenvalue weighted by atomic mass is 16.5. The third kappa shape index (κ3) is 4.82. The Balaban J connectivity index is 1.75. The van der Waals surface area contributed by atoms with Crippen molar-refractivity contribution in [3.8, 4) is 11.5 Å². The van der Waals surface area contributed by atoms with Crippen LogP contribution in [0.3, 0.4) is 0 Å². The van der Waals surface area contributed by atoms with E-state index < -0.39 is 0 Å². The van der Waals surface area contributed by atoms with E-state index in [0.717, 1.165) is 11.3 Å². The number of nitrogens with zero attached hydrogens (tertiary/aromatic N) is 4. The highest BCUT2D eigenvalue weighted by Crippen LogP contribution is 2.25. The van der Waals surface area contributed by atoms with Crippen LogP contribution in [0.4, 0.5) is 23.5 Å². The van der Waals surface area contributed by atoms with Gasteiger partial charge in [0, 0.05) is 12.7 Å². The van der Waals surface area contributed by atoms with Crippen molar-refractivity contribution in [1.82, 2.24) is 15.0 Å². The van der Waals surface area contributed by atoms with E-state index in [0.29, 0.717) is 17.6 Å². The third-order valence-corrected chi connectivity index (χ3v) is 3.47. The van der Waals surface area contributed by atoms with E-state index >= 15 is 0 Å². The molecule has 3 rings (SSSR count). The molecule has 0 saturated carbocycles. The molecule has 1 heterocycles. The second-order valence-electron chi connectivity index (χ2n) is 5.35. The van der Waals surface area contributed by atoms with Gasteiger partial charge in [-0.25, -0.2) is 5.43 Å². The van der Waals surface area contributed by atoms with Crippen molar-refractivity contribution in [3.63, 3.8) is 0 Å². The molecule has 0 spiro atoms. The van der Waals surface area contributed by atoms with Crippen molar-refractivity contribution >= 4 is 29.7 Å². The number of ether oxygens (including phenoxy) is 1. The van der Waals surface area contributed by atoms with Crippen molar-refractivity contribution in [2.24, 2.45) is 5.10 Å². The van der Waals surface area contributed by atoms with E-state index in [1.165, 1.54) is 13.2 Å². The van der Waals surface area contributed by atoms with Gasteiger partial charge in [-0.05, 0) is 35.9 Å². The summed E-state index contributed by atoms with van der Waals surface area (Å²) in [5.74, 6) is 1.48. The first-order valence-electron chi connectivity index (χ1n) is 8.10. The maximum Gasteiger partial charge on any atom is 0.250 e. The summed E-state index contributed by atoms with van der Waals surface area (Å²) in [6.45, 7) is 0. The molecule has 1 aromatic heterocycles. The van der Waals surface area contributed by atoms with Crippen LogP contribution in [0.2, 0.25) is 0 Å². The van der Waals surface area contributed by atoms with E-state index in [1.54, 1.807) is 25.4 Å². The Morgan fingerprint density at radius 1 is 1.00 bits per heavy atom. The van der Waals surface area contributed by atoms with Gasteiger partial charge < -0.3 is 20.5 Å². The number of aromatic nitrogens is 3. The fourth-order valence-corrected chi connectivity index (χ4v) is 2.18. The molecule has 9 nitrogen and oxygen atoms in total. The molecule has 0 fully saturated rings. The summed E-state index contributed by atoms with van der Waals surface area (Å²) in [6, 6.07) is 14.5. The molecule has 0 atom stereocenters. The number of rotatable bonds is 7. The molecule has 27 heavy (non-hydrogen) atoms. The number of methoxy groups -OCH3 is 1. The van der Waals surface area contributed by atoms with Crippen LogP contribution in [0.15, 0.2) is 53.6 Å². The molecular formula is C18H19N7O2. The van der Waals surface area contributed by atoms with Gasteiger partial charge in [0.1, 0.15) is 0 Å². The Bertz CT molecular complexity index is 932. The molecule has 138 valence electrons. The molecule has 0 aliphatic rings. The standard InChI is InChI=1S/C18H19N7O2/c1-19-16-22-17(21-13-6-4-3-5-7-13)24-18(23-16)25-20-11-12-8-9-14(26)15(10-12)27-2/h3-11,26H,1-2H3,(H3,19,21,22,23,24,25)/b20-11+. The number of benzene rings is 2. The fourth-order valence-electron chi connectivity index (χ4n) is 2.18. The lowest BCUT2D eigenvalue weighted by molar-refractivity contribution is 0.373. The van der Waals surface area contributed by atoms with Crippen LogP contribution in [0.5, 0.6) is 11.5 Å². The highest BCUT2D eigenvalue weighted by molar-refractivity contribution is 5.81. The molecule has 0 bridgehead atoms. The summed E-state index contributed by atoms with van der Waals surface area (Å²) in [7, 11) is 3.21. The zero-order valence-corrected chi connectivity index (χ0v) is 14.8. The lowest BCUT2D eigenvalue weighted by Crippen LogP contribution is -2.07. The average Bonchev–Trinajstić information content (AvgIpc) is 2.70. The number of hydrogen-bond donors (Lipinski definition) is 4. The molecule has 0 aliphatic heterocycles. The zero-order chi connectivity index (χ0) is 19.1. The summed E-state index contributed by atoms with van der Waals surface area (Å²) in [5, 5.41) is 19.7. The van der Waals surface area contributed by atoms with Gasteiger partial charge in [-0.15, -0.1) is 0 Å². The molecule has 9 heteroatoms. The van der Waals surface area contributed by atoms with Crippen molar-refractivity contribution in [2.45, 2.75) is 0 Å². The van der Waals surface area contributed by atoms with Crippen LogP contribution in [0, 0.1) is 0 Å². The van der Waals surface area contributed by atoms with Gasteiger partial charge in [0.15, 0.2) is 11.5 Å². The number of nitrogens with one attached hydrogen (secondary N) is 3. The predicted molar refractivity (Wildman–Crippen MR) is 105 cm³/mol. The predicted octanol–water partition coefficient (Wildman–Crippen LogP) is 2.82. The SMILES string of the molecule is CNc1nc(N/N=C/c2ccc(O)c(OC)c2)nc(Nc2ccccc2)n1.